The maximum Gasteiger partial charge on any atom is 0.230 e. The van der Waals surface area contributed by atoms with Crippen molar-refractivity contribution in [2.24, 2.45) is 11.3 Å². The van der Waals surface area contributed by atoms with Crippen molar-refractivity contribution < 1.29 is 14.3 Å². The molecule has 3 atom stereocenters. The van der Waals surface area contributed by atoms with E-state index in [2.05, 4.69) is 12.2 Å². The Kier molecular flexibility index (Phi) is 3.02. The molecule has 0 aliphatic carbocycles. The number of carbonyl (C=O) groups excluding carboxylic acids is 2. The third-order valence-corrected chi connectivity index (χ3v) is 4.09. The largest absolute Gasteiger partial charge is 0.378 e. The van der Waals surface area contributed by atoms with Gasteiger partial charge in [-0.05, 0) is 19.8 Å². The molecule has 2 amide bonds. The molecule has 90 valence electrons. The van der Waals surface area contributed by atoms with Crippen LogP contribution in [0.4, 0.5) is 0 Å². The van der Waals surface area contributed by atoms with Crippen molar-refractivity contribution in [3.63, 3.8) is 0 Å². The summed E-state index contributed by atoms with van der Waals surface area (Å²) in [7, 11) is 0. The first-order valence-corrected chi connectivity index (χ1v) is 6.05. The van der Waals surface area contributed by atoms with Crippen LogP contribution in [0.5, 0.6) is 0 Å². The number of hydrogen-bond acceptors (Lipinski definition) is 3. The average Bonchev–Trinajstić information content (AvgIpc) is 2.55. The van der Waals surface area contributed by atoms with Gasteiger partial charge in [0.25, 0.3) is 0 Å². The first-order chi connectivity index (χ1) is 7.60. The van der Waals surface area contributed by atoms with Gasteiger partial charge in [0.2, 0.25) is 11.8 Å². The topological polar surface area (TPSA) is 55.4 Å². The van der Waals surface area contributed by atoms with Crippen molar-refractivity contribution in [3.8, 4) is 0 Å². The van der Waals surface area contributed by atoms with Crippen molar-refractivity contribution in [3.05, 3.63) is 0 Å². The van der Waals surface area contributed by atoms with Gasteiger partial charge in [-0.1, -0.05) is 13.3 Å². The van der Waals surface area contributed by atoms with E-state index in [1.54, 1.807) is 0 Å². The summed E-state index contributed by atoms with van der Waals surface area (Å²) in [5, 5.41) is 2.45. The summed E-state index contributed by atoms with van der Waals surface area (Å²) in [5.41, 5.74) is -0.241. The molecule has 2 fully saturated rings. The lowest BCUT2D eigenvalue weighted by molar-refractivity contribution is -0.146. The van der Waals surface area contributed by atoms with Crippen LogP contribution in [0, 0.1) is 11.3 Å². The van der Waals surface area contributed by atoms with Crippen LogP contribution >= 0.6 is 0 Å². The third kappa shape index (κ3) is 1.65. The Bertz CT molecular complexity index is 315. The molecule has 0 aromatic heterocycles. The van der Waals surface area contributed by atoms with E-state index in [4.69, 9.17) is 4.74 Å². The van der Waals surface area contributed by atoms with Crippen molar-refractivity contribution in [1.29, 1.82) is 0 Å². The lowest BCUT2D eigenvalue weighted by Gasteiger charge is -2.41. The van der Waals surface area contributed by atoms with Gasteiger partial charge in [0.15, 0.2) is 0 Å². The summed E-state index contributed by atoms with van der Waals surface area (Å²) < 4.78 is 5.59. The Balaban J connectivity index is 2.30. The van der Waals surface area contributed by atoms with Gasteiger partial charge in [-0.25, -0.2) is 0 Å². The summed E-state index contributed by atoms with van der Waals surface area (Å²) in [5.74, 6) is -0.308. The quantitative estimate of drug-likeness (QED) is 0.719. The van der Waals surface area contributed by atoms with Crippen molar-refractivity contribution in [2.75, 3.05) is 6.61 Å². The van der Waals surface area contributed by atoms with Gasteiger partial charge in [-0.15, -0.1) is 0 Å². The fourth-order valence-corrected chi connectivity index (χ4v) is 3.14. The fourth-order valence-electron chi connectivity index (χ4n) is 3.14. The zero-order valence-corrected chi connectivity index (χ0v) is 9.91. The highest BCUT2D eigenvalue weighted by Gasteiger charge is 2.53. The molecule has 0 bridgehead atoms. The Morgan fingerprint density at radius 3 is 2.81 bits per heavy atom. The number of imide groups is 1. The van der Waals surface area contributed by atoms with E-state index in [0.29, 0.717) is 13.0 Å². The van der Waals surface area contributed by atoms with E-state index in [1.165, 1.54) is 0 Å². The molecule has 3 unspecified atom stereocenters. The zero-order chi connectivity index (χ0) is 11.8. The van der Waals surface area contributed by atoms with Gasteiger partial charge in [0, 0.05) is 24.4 Å². The van der Waals surface area contributed by atoms with Crippen molar-refractivity contribution >= 4 is 11.8 Å². The average molecular weight is 225 g/mol. The van der Waals surface area contributed by atoms with Gasteiger partial charge < -0.3 is 4.74 Å². The van der Waals surface area contributed by atoms with Crippen molar-refractivity contribution in [2.45, 2.75) is 45.6 Å². The molecule has 2 heterocycles. The Labute approximate surface area is 95.7 Å². The zero-order valence-electron chi connectivity index (χ0n) is 9.91. The molecule has 0 saturated carbocycles. The second-order valence-corrected chi connectivity index (χ2v) is 4.93. The molecule has 0 radical (unpaired) electrons. The molecule has 1 spiro atoms. The first kappa shape index (κ1) is 11.6. The van der Waals surface area contributed by atoms with E-state index >= 15 is 0 Å². The highest BCUT2D eigenvalue weighted by Crippen LogP contribution is 2.48. The molecule has 2 saturated heterocycles. The minimum atomic E-state index is -0.241. The predicted molar refractivity (Wildman–Crippen MR) is 58.6 cm³/mol. The fraction of sp³-hybridized carbons (Fsp3) is 0.833. The highest BCUT2D eigenvalue weighted by molar-refractivity contribution is 5.99. The number of carbonyl (C=O) groups is 2. The van der Waals surface area contributed by atoms with Gasteiger partial charge in [-0.2, -0.15) is 0 Å². The Hall–Kier alpha value is -0.900. The second kappa shape index (κ2) is 4.17. The van der Waals surface area contributed by atoms with E-state index in [0.717, 1.165) is 19.3 Å². The van der Waals surface area contributed by atoms with Crippen LogP contribution in [-0.2, 0) is 14.3 Å². The molecule has 4 nitrogen and oxygen atoms in total. The van der Waals surface area contributed by atoms with Crippen LogP contribution in [0.25, 0.3) is 0 Å². The molecular formula is C12H19NO3. The summed E-state index contributed by atoms with van der Waals surface area (Å²) in [4.78, 5) is 23.5. The van der Waals surface area contributed by atoms with Crippen LogP contribution in [0.3, 0.4) is 0 Å². The van der Waals surface area contributed by atoms with Crippen LogP contribution in [0.2, 0.25) is 0 Å². The summed E-state index contributed by atoms with van der Waals surface area (Å²) in [6.07, 6.45) is 3.08. The smallest absolute Gasteiger partial charge is 0.230 e. The molecular weight excluding hydrogens is 206 g/mol. The summed E-state index contributed by atoms with van der Waals surface area (Å²) >= 11 is 0. The molecule has 16 heavy (non-hydrogen) atoms. The maximum absolute atomic E-state index is 11.9. The Morgan fingerprint density at radius 2 is 2.25 bits per heavy atom. The lowest BCUT2D eigenvalue weighted by Crippen LogP contribution is -2.54. The van der Waals surface area contributed by atoms with Gasteiger partial charge in [-0.3, -0.25) is 14.9 Å². The minimum Gasteiger partial charge on any atom is -0.378 e. The van der Waals surface area contributed by atoms with Crippen LogP contribution in [0.1, 0.15) is 39.5 Å². The molecule has 2 aliphatic rings. The molecule has 4 heteroatoms. The van der Waals surface area contributed by atoms with Crippen molar-refractivity contribution in [1.82, 2.24) is 5.32 Å². The van der Waals surface area contributed by atoms with Crippen LogP contribution < -0.4 is 5.32 Å². The summed E-state index contributed by atoms with van der Waals surface area (Å²) in [6.45, 7) is 4.72. The van der Waals surface area contributed by atoms with E-state index in [9.17, 15) is 9.59 Å². The predicted octanol–water partition coefficient (Wildman–Crippen LogP) is 1.24. The molecule has 0 aromatic rings. The first-order valence-electron chi connectivity index (χ1n) is 6.05. The summed E-state index contributed by atoms with van der Waals surface area (Å²) in [6, 6.07) is 0. The molecule has 2 aliphatic heterocycles. The van der Waals surface area contributed by atoms with Gasteiger partial charge in [0.1, 0.15) is 0 Å². The number of amides is 2. The minimum absolute atomic E-state index is 0.0130. The van der Waals surface area contributed by atoms with Gasteiger partial charge in [0.05, 0.1) is 6.10 Å². The van der Waals surface area contributed by atoms with E-state index < -0.39 is 0 Å². The highest BCUT2D eigenvalue weighted by atomic mass is 16.5. The standard InChI is InChI=1S/C12H19NO3/c1-3-4-9-11(15)13-10(14)7-12(9)5-6-16-8(12)2/h8-9H,3-7H2,1-2H3,(H,13,14,15). The SMILES string of the molecule is CCCC1C(=O)NC(=O)CC12CCOC2C. The molecule has 0 aromatic carbocycles. The maximum atomic E-state index is 11.9. The second-order valence-electron chi connectivity index (χ2n) is 4.93. The van der Waals surface area contributed by atoms with Crippen LogP contribution in [-0.4, -0.2) is 24.5 Å². The Morgan fingerprint density at radius 1 is 1.50 bits per heavy atom. The van der Waals surface area contributed by atoms with Crippen LogP contribution in [0.15, 0.2) is 0 Å². The monoisotopic (exact) mass is 225 g/mol. The van der Waals surface area contributed by atoms with E-state index in [-0.39, 0.29) is 29.3 Å². The van der Waals surface area contributed by atoms with E-state index in [1.807, 2.05) is 6.92 Å². The number of hydrogen-bond donors (Lipinski definition) is 1. The molecule has 2 rings (SSSR count). The number of rotatable bonds is 2. The number of ether oxygens (including phenoxy) is 1. The number of piperidine rings is 1. The third-order valence-electron chi connectivity index (χ3n) is 4.09. The van der Waals surface area contributed by atoms with Gasteiger partial charge >= 0.3 is 0 Å². The number of nitrogens with one attached hydrogen (secondary N) is 1. The lowest BCUT2D eigenvalue weighted by atomic mass is 9.64. The normalized spacial score (nSPS) is 39.1. The molecule has 1 N–H and O–H groups in total.